The maximum absolute atomic E-state index is 11.3. The van der Waals surface area contributed by atoms with Gasteiger partial charge in [0.15, 0.2) is 0 Å². The molecule has 0 unspecified atom stereocenters. The van der Waals surface area contributed by atoms with Crippen molar-refractivity contribution in [2.75, 3.05) is 7.11 Å². The second kappa shape index (κ2) is 6.45. The van der Waals surface area contributed by atoms with Crippen molar-refractivity contribution in [3.8, 4) is 11.1 Å². The molecule has 0 saturated heterocycles. The molecule has 2 aromatic heterocycles. The first-order chi connectivity index (χ1) is 10.0. The number of hydrogen-bond donors (Lipinski definition) is 1. The zero-order chi connectivity index (χ0) is 15.4. The van der Waals surface area contributed by atoms with Crippen molar-refractivity contribution in [1.29, 1.82) is 0 Å². The number of ether oxygens (including phenoxy) is 1. The molecule has 2 heterocycles. The van der Waals surface area contributed by atoms with Gasteiger partial charge in [-0.2, -0.15) is 0 Å². The second-order valence-corrected chi connectivity index (χ2v) is 5.04. The predicted molar refractivity (Wildman–Crippen MR) is 80.5 cm³/mol. The number of nitrogens with two attached hydrogens (primary N) is 1. The van der Waals surface area contributed by atoms with E-state index in [0.29, 0.717) is 0 Å². The fourth-order valence-corrected chi connectivity index (χ4v) is 2.33. The summed E-state index contributed by atoms with van der Waals surface area (Å²) >= 11 is 0. The van der Waals surface area contributed by atoms with Crippen LogP contribution in [0.25, 0.3) is 11.1 Å². The van der Waals surface area contributed by atoms with Crippen molar-refractivity contribution >= 4 is 5.97 Å². The average Bonchev–Trinajstić information content (AvgIpc) is 2.47. The topological polar surface area (TPSA) is 78.1 Å². The van der Waals surface area contributed by atoms with E-state index in [4.69, 9.17) is 5.73 Å². The molecule has 21 heavy (non-hydrogen) atoms. The summed E-state index contributed by atoms with van der Waals surface area (Å²) in [5.41, 5.74) is 11.1. The van der Waals surface area contributed by atoms with E-state index in [9.17, 15) is 4.79 Å². The number of carbonyl (C=O) groups is 1. The fourth-order valence-electron chi connectivity index (χ4n) is 2.33. The normalized spacial score (nSPS) is 12.0. The van der Waals surface area contributed by atoms with Gasteiger partial charge in [-0.05, 0) is 42.2 Å². The van der Waals surface area contributed by atoms with Crippen molar-refractivity contribution in [3.63, 3.8) is 0 Å². The Kier molecular flexibility index (Phi) is 4.65. The smallest absolute Gasteiger partial charge is 0.307 e. The number of hydrogen-bond acceptors (Lipinski definition) is 5. The zero-order valence-electron chi connectivity index (χ0n) is 12.5. The molecule has 0 saturated carbocycles. The van der Waals surface area contributed by atoms with E-state index in [-0.39, 0.29) is 12.4 Å². The first kappa shape index (κ1) is 15.1. The number of rotatable bonds is 4. The molecule has 0 amide bonds. The summed E-state index contributed by atoms with van der Waals surface area (Å²) in [6.45, 7) is 4.02. The minimum Gasteiger partial charge on any atom is -0.469 e. The number of methoxy groups -OCH3 is 1. The van der Waals surface area contributed by atoms with E-state index in [2.05, 4.69) is 14.7 Å². The molecular formula is C16H19N3O2. The largest absolute Gasteiger partial charge is 0.469 e. The quantitative estimate of drug-likeness (QED) is 0.872. The first-order valence-electron chi connectivity index (χ1n) is 6.72. The van der Waals surface area contributed by atoms with E-state index < -0.39 is 6.04 Å². The van der Waals surface area contributed by atoms with Gasteiger partial charge in [-0.1, -0.05) is 0 Å². The highest BCUT2D eigenvalue weighted by molar-refractivity contribution is 5.72. The Morgan fingerprint density at radius 1 is 1.19 bits per heavy atom. The van der Waals surface area contributed by atoms with Crippen LogP contribution < -0.4 is 5.73 Å². The molecule has 5 nitrogen and oxygen atoms in total. The van der Waals surface area contributed by atoms with Crippen LogP contribution in [0.5, 0.6) is 0 Å². The van der Waals surface area contributed by atoms with Crippen molar-refractivity contribution in [2.24, 2.45) is 5.73 Å². The molecule has 0 radical (unpaired) electrons. The van der Waals surface area contributed by atoms with E-state index in [0.717, 1.165) is 27.8 Å². The van der Waals surface area contributed by atoms with Crippen LogP contribution in [-0.4, -0.2) is 23.0 Å². The summed E-state index contributed by atoms with van der Waals surface area (Å²) in [5, 5.41) is 0. The zero-order valence-corrected chi connectivity index (χ0v) is 12.5. The summed E-state index contributed by atoms with van der Waals surface area (Å²) in [6, 6.07) is 1.54. The minimum absolute atomic E-state index is 0.135. The van der Waals surface area contributed by atoms with Crippen LogP contribution in [-0.2, 0) is 9.53 Å². The summed E-state index contributed by atoms with van der Waals surface area (Å²) in [5.74, 6) is -0.329. The van der Waals surface area contributed by atoms with Gasteiger partial charge in [0.05, 0.1) is 13.5 Å². The van der Waals surface area contributed by atoms with E-state index in [1.807, 2.05) is 32.3 Å². The minimum atomic E-state index is -0.424. The van der Waals surface area contributed by atoms with Gasteiger partial charge in [-0.15, -0.1) is 0 Å². The number of nitrogens with zero attached hydrogens (tertiary/aromatic N) is 2. The molecule has 0 aromatic carbocycles. The Bertz CT molecular complexity index is 635. The van der Waals surface area contributed by atoms with Gasteiger partial charge in [0, 0.05) is 36.4 Å². The maximum Gasteiger partial charge on any atom is 0.307 e. The van der Waals surface area contributed by atoms with Gasteiger partial charge < -0.3 is 10.5 Å². The molecule has 0 aliphatic carbocycles. The number of pyridine rings is 2. The Labute approximate surface area is 124 Å². The van der Waals surface area contributed by atoms with Crippen LogP contribution in [0, 0.1) is 13.8 Å². The van der Waals surface area contributed by atoms with Crippen molar-refractivity contribution in [3.05, 3.63) is 47.5 Å². The Hall–Kier alpha value is -2.27. The lowest BCUT2D eigenvalue weighted by Gasteiger charge is -2.13. The highest BCUT2D eigenvalue weighted by Gasteiger charge is 2.14. The third kappa shape index (κ3) is 3.44. The van der Waals surface area contributed by atoms with Gasteiger partial charge in [0.1, 0.15) is 0 Å². The molecule has 0 spiro atoms. The molecule has 0 bridgehead atoms. The Morgan fingerprint density at radius 2 is 1.81 bits per heavy atom. The maximum atomic E-state index is 11.3. The first-order valence-corrected chi connectivity index (χ1v) is 6.72. The number of esters is 1. The van der Waals surface area contributed by atoms with E-state index in [1.165, 1.54) is 7.11 Å². The van der Waals surface area contributed by atoms with Crippen LogP contribution in [0.4, 0.5) is 0 Å². The molecule has 0 fully saturated rings. The summed E-state index contributed by atoms with van der Waals surface area (Å²) in [6.07, 6.45) is 7.26. The number of aryl methyl sites for hydroxylation is 2. The predicted octanol–water partition coefficient (Wildman–Crippen LogP) is 2.32. The van der Waals surface area contributed by atoms with E-state index in [1.54, 1.807) is 12.4 Å². The highest BCUT2D eigenvalue weighted by atomic mass is 16.5. The molecule has 1 atom stereocenters. The Morgan fingerprint density at radius 3 is 2.43 bits per heavy atom. The standard InChI is InChI=1S/C16H19N3O2/c1-10-6-18-7-11(2)16(10)13-4-12(8-19-9-13)14(17)5-15(20)21-3/h4,6-9,14H,5,17H2,1-3H3/t14-/m0/s1. The summed E-state index contributed by atoms with van der Waals surface area (Å²) < 4.78 is 4.65. The number of aromatic nitrogens is 2. The number of carbonyl (C=O) groups excluding carboxylic acids is 1. The van der Waals surface area contributed by atoms with Crippen LogP contribution in [0.2, 0.25) is 0 Å². The summed E-state index contributed by atoms with van der Waals surface area (Å²) in [7, 11) is 1.35. The van der Waals surface area contributed by atoms with Crippen LogP contribution in [0.3, 0.4) is 0 Å². The van der Waals surface area contributed by atoms with Crippen LogP contribution in [0.1, 0.15) is 29.2 Å². The van der Waals surface area contributed by atoms with Gasteiger partial charge in [0.25, 0.3) is 0 Å². The van der Waals surface area contributed by atoms with Gasteiger partial charge in [-0.25, -0.2) is 0 Å². The van der Waals surface area contributed by atoms with Gasteiger partial charge in [0.2, 0.25) is 0 Å². The van der Waals surface area contributed by atoms with Crippen LogP contribution >= 0.6 is 0 Å². The van der Waals surface area contributed by atoms with Crippen LogP contribution in [0.15, 0.2) is 30.9 Å². The lowest BCUT2D eigenvalue weighted by atomic mass is 9.96. The Balaban J connectivity index is 2.36. The fraction of sp³-hybridized carbons (Fsp3) is 0.312. The molecule has 0 aliphatic heterocycles. The van der Waals surface area contributed by atoms with Crippen molar-refractivity contribution < 1.29 is 9.53 Å². The average molecular weight is 285 g/mol. The second-order valence-electron chi connectivity index (χ2n) is 5.04. The molecule has 110 valence electrons. The molecule has 2 aromatic rings. The molecule has 5 heteroatoms. The van der Waals surface area contributed by atoms with Gasteiger partial charge >= 0.3 is 5.97 Å². The third-order valence-electron chi connectivity index (χ3n) is 3.42. The molecule has 0 aliphatic rings. The molecular weight excluding hydrogens is 266 g/mol. The summed E-state index contributed by atoms with van der Waals surface area (Å²) in [4.78, 5) is 19.7. The molecule has 2 rings (SSSR count). The lowest BCUT2D eigenvalue weighted by Crippen LogP contribution is -2.16. The van der Waals surface area contributed by atoms with Crippen molar-refractivity contribution in [1.82, 2.24) is 9.97 Å². The SMILES string of the molecule is COC(=O)C[C@H](N)c1cncc(-c2c(C)cncc2C)c1. The van der Waals surface area contributed by atoms with E-state index >= 15 is 0 Å². The van der Waals surface area contributed by atoms with Crippen molar-refractivity contribution in [2.45, 2.75) is 26.3 Å². The monoisotopic (exact) mass is 285 g/mol. The van der Waals surface area contributed by atoms with Gasteiger partial charge in [-0.3, -0.25) is 14.8 Å². The lowest BCUT2D eigenvalue weighted by molar-refractivity contribution is -0.141. The third-order valence-corrected chi connectivity index (χ3v) is 3.42. The highest BCUT2D eigenvalue weighted by Crippen LogP contribution is 2.27. The molecule has 2 N–H and O–H groups in total.